The number of hydrogen-bond donors (Lipinski definition) is 2. The van der Waals surface area contributed by atoms with E-state index in [1.54, 1.807) is 6.20 Å². The van der Waals surface area contributed by atoms with E-state index in [4.69, 9.17) is 11.1 Å². The summed E-state index contributed by atoms with van der Waals surface area (Å²) in [5.74, 6) is 0.747. The highest BCUT2D eigenvalue weighted by atomic mass is 15.3. The molecule has 1 aliphatic rings. The Morgan fingerprint density at radius 2 is 2.05 bits per heavy atom. The number of pyridine rings is 1. The van der Waals surface area contributed by atoms with Gasteiger partial charge in [0.1, 0.15) is 11.5 Å². The lowest BCUT2D eigenvalue weighted by Crippen LogP contribution is -2.47. The standard InChI is InChI=1S/C14H23N5/c1-11(2)10-18-5-7-19(8-6-18)12-3-4-17-13(9-12)14(15)16/h3-4,9,11H,5-8,10H2,1-2H3,(H3,15,16). The zero-order valence-electron chi connectivity index (χ0n) is 11.8. The topological polar surface area (TPSA) is 69.2 Å². The number of nitrogens with one attached hydrogen (secondary N) is 1. The van der Waals surface area contributed by atoms with Gasteiger partial charge in [0.2, 0.25) is 0 Å². The van der Waals surface area contributed by atoms with Crippen LogP contribution in [0.5, 0.6) is 0 Å². The maximum absolute atomic E-state index is 7.44. The largest absolute Gasteiger partial charge is 0.382 e. The van der Waals surface area contributed by atoms with Crippen LogP contribution in [0.25, 0.3) is 0 Å². The fraction of sp³-hybridized carbons (Fsp3) is 0.571. The maximum atomic E-state index is 7.44. The Labute approximate surface area is 114 Å². The molecule has 0 aliphatic carbocycles. The third-order valence-corrected chi connectivity index (χ3v) is 3.38. The summed E-state index contributed by atoms with van der Waals surface area (Å²) in [5.41, 5.74) is 7.16. The molecule has 1 aromatic heterocycles. The average molecular weight is 261 g/mol. The number of aromatic nitrogens is 1. The minimum absolute atomic E-state index is 0.0280. The van der Waals surface area contributed by atoms with E-state index < -0.39 is 0 Å². The Balaban J connectivity index is 1.97. The van der Waals surface area contributed by atoms with Gasteiger partial charge in [-0.05, 0) is 18.1 Å². The smallest absolute Gasteiger partial charge is 0.141 e. The molecule has 19 heavy (non-hydrogen) atoms. The predicted octanol–water partition coefficient (Wildman–Crippen LogP) is 1.14. The first-order chi connectivity index (χ1) is 9.06. The lowest BCUT2D eigenvalue weighted by molar-refractivity contribution is 0.231. The van der Waals surface area contributed by atoms with Crippen LogP contribution in [0.3, 0.4) is 0 Å². The van der Waals surface area contributed by atoms with Crippen molar-refractivity contribution in [1.82, 2.24) is 9.88 Å². The molecule has 1 saturated heterocycles. The van der Waals surface area contributed by atoms with E-state index in [0.717, 1.165) is 37.8 Å². The molecule has 5 nitrogen and oxygen atoms in total. The Morgan fingerprint density at radius 3 is 2.63 bits per heavy atom. The molecule has 0 amide bonds. The molecule has 1 fully saturated rings. The lowest BCUT2D eigenvalue weighted by atomic mass is 10.2. The zero-order valence-corrected chi connectivity index (χ0v) is 11.8. The maximum Gasteiger partial charge on any atom is 0.141 e. The molecule has 3 N–H and O–H groups in total. The third-order valence-electron chi connectivity index (χ3n) is 3.38. The Kier molecular flexibility index (Phi) is 4.37. The van der Waals surface area contributed by atoms with Crippen LogP contribution in [0.4, 0.5) is 5.69 Å². The number of piperazine rings is 1. The molecule has 2 heterocycles. The highest BCUT2D eigenvalue weighted by molar-refractivity contribution is 5.93. The summed E-state index contributed by atoms with van der Waals surface area (Å²) in [4.78, 5) is 8.95. The SMILES string of the molecule is CC(C)CN1CCN(c2ccnc(C(=N)N)c2)CC1. The highest BCUT2D eigenvalue weighted by Crippen LogP contribution is 2.17. The van der Waals surface area contributed by atoms with Crippen LogP contribution in [0.1, 0.15) is 19.5 Å². The molecule has 0 bridgehead atoms. The fourth-order valence-electron chi connectivity index (χ4n) is 2.47. The van der Waals surface area contributed by atoms with Crippen LogP contribution >= 0.6 is 0 Å². The van der Waals surface area contributed by atoms with Gasteiger partial charge in [0.15, 0.2) is 0 Å². The first-order valence-electron chi connectivity index (χ1n) is 6.84. The minimum Gasteiger partial charge on any atom is -0.382 e. The molecule has 0 radical (unpaired) electrons. The molecule has 104 valence electrons. The second kappa shape index (κ2) is 6.02. The van der Waals surface area contributed by atoms with Crippen LogP contribution < -0.4 is 10.6 Å². The Morgan fingerprint density at radius 1 is 1.37 bits per heavy atom. The number of anilines is 1. The summed E-state index contributed by atoms with van der Waals surface area (Å²) in [6, 6.07) is 3.89. The quantitative estimate of drug-likeness (QED) is 0.630. The molecule has 1 aromatic rings. The van der Waals surface area contributed by atoms with Gasteiger partial charge in [-0.15, -0.1) is 0 Å². The molecule has 0 spiro atoms. The van der Waals surface area contributed by atoms with E-state index in [-0.39, 0.29) is 5.84 Å². The van der Waals surface area contributed by atoms with Crippen molar-refractivity contribution in [2.45, 2.75) is 13.8 Å². The van der Waals surface area contributed by atoms with Gasteiger partial charge in [-0.3, -0.25) is 15.3 Å². The molecule has 0 unspecified atom stereocenters. The molecule has 0 aromatic carbocycles. The summed E-state index contributed by atoms with van der Waals surface area (Å²) in [7, 11) is 0. The average Bonchev–Trinajstić information content (AvgIpc) is 2.39. The summed E-state index contributed by atoms with van der Waals surface area (Å²) in [6.07, 6.45) is 1.73. The Bertz CT molecular complexity index is 435. The number of nitrogens with two attached hydrogens (primary N) is 1. The van der Waals surface area contributed by atoms with E-state index in [9.17, 15) is 0 Å². The number of nitrogens with zero attached hydrogens (tertiary/aromatic N) is 3. The van der Waals surface area contributed by atoms with E-state index in [1.807, 2.05) is 12.1 Å². The van der Waals surface area contributed by atoms with Crippen molar-refractivity contribution in [3.63, 3.8) is 0 Å². The predicted molar refractivity (Wildman–Crippen MR) is 78.7 cm³/mol. The van der Waals surface area contributed by atoms with Crippen LogP contribution in [0.2, 0.25) is 0 Å². The van der Waals surface area contributed by atoms with Crippen molar-refractivity contribution in [2.24, 2.45) is 11.7 Å². The van der Waals surface area contributed by atoms with Gasteiger partial charge in [-0.2, -0.15) is 0 Å². The highest BCUT2D eigenvalue weighted by Gasteiger charge is 2.18. The van der Waals surface area contributed by atoms with Crippen LogP contribution in [-0.2, 0) is 0 Å². The van der Waals surface area contributed by atoms with Gasteiger partial charge < -0.3 is 10.6 Å². The molecular formula is C14H23N5. The number of hydrogen-bond acceptors (Lipinski definition) is 4. The molecule has 0 saturated carbocycles. The normalized spacial score (nSPS) is 16.9. The summed E-state index contributed by atoms with van der Waals surface area (Å²) < 4.78 is 0. The summed E-state index contributed by atoms with van der Waals surface area (Å²) in [6.45, 7) is 9.92. The summed E-state index contributed by atoms with van der Waals surface area (Å²) in [5, 5.41) is 7.44. The lowest BCUT2D eigenvalue weighted by Gasteiger charge is -2.36. The van der Waals surface area contributed by atoms with Crippen molar-refractivity contribution in [3.8, 4) is 0 Å². The van der Waals surface area contributed by atoms with Gasteiger partial charge in [-0.1, -0.05) is 13.8 Å². The van der Waals surface area contributed by atoms with E-state index in [0.29, 0.717) is 5.69 Å². The zero-order chi connectivity index (χ0) is 13.8. The number of amidine groups is 1. The molecule has 0 atom stereocenters. The summed E-state index contributed by atoms with van der Waals surface area (Å²) >= 11 is 0. The molecule has 5 heteroatoms. The van der Waals surface area contributed by atoms with Crippen molar-refractivity contribution < 1.29 is 0 Å². The monoisotopic (exact) mass is 261 g/mol. The first kappa shape index (κ1) is 13.8. The van der Waals surface area contributed by atoms with Crippen LogP contribution in [0.15, 0.2) is 18.3 Å². The van der Waals surface area contributed by atoms with Gasteiger partial charge in [0.05, 0.1) is 0 Å². The van der Waals surface area contributed by atoms with E-state index >= 15 is 0 Å². The molecule has 2 rings (SSSR count). The van der Waals surface area contributed by atoms with E-state index in [2.05, 4.69) is 28.6 Å². The van der Waals surface area contributed by atoms with Crippen molar-refractivity contribution in [2.75, 3.05) is 37.6 Å². The minimum atomic E-state index is 0.0280. The second-order valence-electron chi connectivity index (χ2n) is 5.49. The fourth-order valence-corrected chi connectivity index (χ4v) is 2.47. The van der Waals surface area contributed by atoms with Crippen molar-refractivity contribution in [1.29, 1.82) is 5.41 Å². The van der Waals surface area contributed by atoms with Crippen molar-refractivity contribution in [3.05, 3.63) is 24.0 Å². The molecular weight excluding hydrogens is 238 g/mol. The van der Waals surface area contributed by atoms with Crippen molar-refractivity contribution >= 4 is 11.5 Å². The van der Waals surface area contributed by atoms with Gasteiger partial charge >= 0.3 is 0 Å². The third kappa shape index (κ3) is 3.67. The van der Waals surface area contributed by atoms with Crippen LogP contribution in [-0.4, -0.2) is 48.4 Å². The van der Waals surface area contributed by atoms with Gasteiger partial charge in [0.25, 0.3) is 0 Å². The van der Waals surface area contributed by atoms with E-state index in [1.165, 1.54) is 6.54 Å². The Hall–Kier alpha value is -1.62. The second-order valence-corrected chi connectivity index (χ2v) is 5.49. The molecule has 1 aliphatic heterocycles. The van der Waals surface area contributed by atoms with Gasteiger partial charge in [0, 0.05) is 44.6 Å². The first-order valence-corrected chi connectivity index (χ1v) is 6.84. The number of nitrogen functional groups attached to an aromatic ring is 1. The van der Waals surface area contributed by atoms with Crippen LogP contribution in [0, 0.1) is 11.3 Å². The number of rotatable bonds is 4. The van der Waals surface area contributed by atoms with Gasteiger partial charge in [-0.25, -0.2) is 0 Å².